The number of aliphatic hydroxyl groups excluding tert-OH is 4. The Kier molecular flexibility index (Phi) is 34.2. The third kappa shape index (κ3) is 25.7. The molecular weight excluding hydrogens is 1160 g/mol. The SMILES string of the molecule is C/C=C1/NC(=O)C([C@H](C)O)NC(=O)[C@H](CCN)NC(=O)C([C@H](O)C(=O)O)NC(=O)C(CCCCN)NC(=O)[C@H](CC(=O)O)NC(=O)C(CCN)NC(=O)C(NC(=O)C[C@H](O)c2cccc(CCCCCCCC)c2)COC(=O)C([C@H](O)CCl)NC1=O. The summed E-state index contributed by atoms with van der Waals surface area (Å²) >= 11 is 5.91. The van der Waals surface area contributed by atoms with Gasteiger partial charge in [-0.25, -0.2) is 9.59 Å². The molecule has 1 saturated heterocycles. The Balaban J connectivity index is 2.81. The van der Waals surface area contributed by atoms with Crippen LogP contribution in [0.3, 0.4) is 0 Å². The fourth-order valence-electron chi connectivity index (χ4n) is 8.58. The number of cyclic esters (lactones) is 1. The lowest BCUT2D eigenvalue weighted by Crippen LogP contribution is -2.63. The molecular formula is C54H85ClN12O19. The second-order valence-electron chi connectivity index (χ2n) is 20.4. The lowest BCUT2D eigenvalue weighted by atomic mass is 9.99. The van der Waals surface area contributed by atoms with Crippen molar-refractivity contribution in [3.05, 3.63) is 47.2 Å². The summed E-state index contributed by atoms with van der Waals surface area (Å²) in [7, 11) is 0. The lowest BCUT2D eigenvalue weighted by Gasteiger charge is -2.29. The van der Waals surface area contributed by atoms with Crippen LogP contribution in [0, 0.1) is 0 Å². The summed E-state index contributed by atoms with van der Waals surface area (Å²) in [6.45, 7) is 2.51. The molecule has 9 amide bonds. The zero-order chi connectivity index (χ0) is 64.6. The lowest BCUT2D eigenvalue weighted by molar-refractivity contribution is -0.153. The van der Waals surface area contributed by atoms with Crippen molar-refractivity contribution in [2.24, 2.45) is 17.2 Å². The average molecular weight is 1240 g/mol. The molecule has 0 saturated carbocycles. The minimum absolute atomic E-state index is 0.0389. The zero-order valence-electron chi connectivity index (χ0n) is 48.4. The van der Waals surface area contributed by atoms with E-state index in [9.17, 15) is 88.2 Å². The van der Waals surface area contributed by atoms with Crippen molar-refractivity contribution in [2.75, 3.05) is 32.1 Å². The van der Waals surface area contributed by atoms with Gasteiger partial charge in [0.1, 0.15) is 54.6 Å². The number of esters is 1. The molecule has 86 heavy (non-hydrogen) atoms. The summed E-state index contributed by atoms with van der Waals surface area (Å²) in [5, 5.41) is 82.8. The summed E-state index contributed by atoms with van der Waals surface area (Å²) in [6.07, 6.45) is -3.02. The molecule has 1 aliphatic heterocycles. The van der Waals surface area contributed by atoms with E-state index in [4.69, 9.17) is 33.5 Å². The Hall–Kier alpha value is -7.39. The van der Waals surface area contributed by atoms with Crippen molar-refractivity contribution in [3.8, 4) is 0 Å². The van der Waals surface area contributed by atoms with E-state index < -0.39 is 188 Å². The van der Waals surface area contributed by atoms with Crippen LogP contribution in [0.1, 0.15) is 121 Å². The molecule has 482 valence electrons. The highest BCUT2D eigenvalue weighted by molar-refractivity contribution is 6.18. The van der Waals surface area contributed by atoms with Crippen molar-refractivity contribution in [1.82, 2.24) is 47.9 Å². The Morgan fingerprint density at radius 3 is 1.80 bits per heavy atom. The third-order valence-corrected chi connectivity index (χ3v) is 13.7. The standard InChI is InChI=1S/C54H85ClN12O19/c1-4-6-7-8-9-10-14-29-15-13-16-30(23-29)37(69)25-39(71)59-36-27-86-54(85)42(38(70)26-55)66-45(75)31(5-2)60-51(81)41(28(3)68)65-48(78)34(19-22-58)63-52(82)43(44(74)53(83)84)67-47(77)32(17-11-12-20-56)61-49(79)35(24-40(72)73)64-46(76)33(18-21-57)62-50(36)80/h5,13,15-16,23,28,32-38,41-44,68-70,74H,4,6-12,14,17-22,24-27,56-58H2,1-3H3,(H,59,71)(H,60,81)(H,61,79)(H,62,80)(H,63,82)(H,64,76)(H,65,78)(H,66,75)(H,67,77)(H,72,73)(H,83,84)/b31-5+/t28-,32?,33?,34-,35-,36?,37-,38+,41?,42?,43?,44-/m0/s1. The highest BCUT2D eigenvalue weighted by Gasteiger charge is 2.40. The van der Waals surface area contributed by atoms with Crippen LogP contribution in [-0.4, -0.2) is 200 Å². The van der Waals surface area contributed by atoms with Crippen LogP contribution in [0.2, 0.25) is 0 Å². The van der Waals surface area contributed by atoms with Crippen LogP contribution in [0.5, 0.6) is 0 Å². The topological polar surface area (TPSA) is 522 Å². The number of rotatable bonds is 26. The van der Waals surface area contributed by atoms with Gasteiger partial charge in [-0.2, -0.15) is 0 Å². The molecule has 2 rings (SSSR count). The summed E-state index contributed by atoms with van der Waals surface area (Å²) in [5.41, 5.74) is 17.7. The van der Waals surface area contributed by atoms with Gasteiger partial charge in [-0.05, 0) is 89.6 Å². The number of ether oxygens (including phenoxy) is 1. The fraction of sp³-hybridized carbons (Fsp3) is 0.630. The Bertz CT molecular complexity index is 2510. The number of carboxylic acids is 2. The Morgan fingerprint density at radius 1 is 0.674 bits per heavy atom. The highest BCUT2D eigenvalue weighted by atomic mass is 35.5. The van der Waals surface area contributed by atoms with Gasteiger partial charge >= 0.3 is 17.9 Å². The number of halogens is 1. The molecule has 31 nitrogen and oxygen atoms in total. The predicted octanol–water partition coefficient (Wildman–Crippen LogP) is -4.80. The van der Waals surface area contributed by atoms with Crippen LogP contribution < -0.4 is 65.1 Å². The maximum absolute atomic E-state index is 14.3. The van der Waals surface area contributed by atoms with Gasteiger partial charge in [-0.1, -0.05) is 69.4 Å². The third-order valence-electron chi connectivity index (χ3n) is 13.4. The van der Waals surface area contributed by atoms with Crippen molar-refractivity contribution in [3.63, 3.8) is 0 Å². The summed E-state index contributed by atoms with van der Waals surface area (Å²) in [5.74, 6) is -17.8. The molecule has 1 heterocycles. The number of aliphatic carboxylic acids is 2. The average Bonchev–Trinajstić information content (AvgIpc) is 3.33. The van der Waals surface area contributed by atoms with E-state index >= 15 is 0 Å². The fourth-order valence-corrected chi connectivity index (χ4v) is 8.76. The molecule has 0 radical (unpaired) electrons. The van der Waals surface area contributed by atoms with Crippen LogP contribution >= 0.6 is 11.6 Å². The first-order valence-electron chi connectivity index (χ1n) is 28.3. The summed E-state index contributed by atoms with van der Waals surface area (Å²) < 4.78 is 5.37. The minimum atomic E-state index is -2.77. The number of carboxylic acid groups (broad SMARTS) is 2. The number of nitrogens with two attached hydrogens (primary N) is 3. The molecule has 1 aliphatic rings. The molecule has 32 heteroatoms. The van der Waals surface area contributed by atoms with E-state index in [2.05, 4.69) is 49.5 Å². The number of carbonyl (C=O) groups excluding carboxylic acids is 10. The molecule has 12 atom stereocenters. The Morgan fingerprint density at radius 2 is 1.23 bits per heavy atom. The quantitative estimate of drug-likeness (QED) is 0.0179. The summed E-state index contributed by atoms with van der Waals surface area (Å²) in [6, 6.07) is -9.27. The number of benzene rings is 1. The highest BCUT2D eigenvalue weighted by Crippen LogP contribution is 2.20. The monoisotopic (exact) mass is 1240 g/mol. The van der Waals surface area contributed by atoms with Crippen molar-refractivity contribution in [2.45, 2.75) is 183 Å². The molecule has 21 N–H and O–H groups in total. The van der Waals surface area contributed by atoms with E-state index in [0.29, 0.717) is 12.0 Å². The van der Waals surface area contributed by atoms with E-state index in [1.165, 1.54) is 6.92 Å². The molecule has 1 fully saturated rings. The van der Waals surface area contributed by atoms with Crippen LogP contribution in [0.25, 0.3) is 0 Å². The normalized spacial score (nSPS) is 24.0. The van der Waals surface area contributed by atoms with Gasteiger partial charge in [-0.15, -0.1) is 11.6 Å². The van der Waals surface area contributed by atoms with Crippen molar-refractivity contribution >= 4 is 82.7 Å². The van der Waals surface area contributed by atoms with Crippen LogP contribution in [0.4, 0.5) is 0 Å². The van der Waals surface area contributed by atoms with E-state index in [1.54, 1.807) is 18.2 Å². The molecule has 0 aliphatic carbocycles. The molecule has 0 spiro atoms. The smallest absolute Gasteiger partial charge is 0.335 e. The number of nitrogens with one attached hydrogen (secondary N) is 9. The molecule has 0 aromatic heterocycles. The van der Waals surface area contributed by atoms with Gasteiger partial charge in [-0.3, -0.25) is 47.9 Å². The van der Waals surface area contributed by atoms with Gasteiger partial charge in [0.25, 0.3) is 5.91 Å². The number of amides is 9. The first kappa shape index (κ1) is 74.7. The molecule has 6 unspecified atom stereocenters. The summed E-state index contributed by atoms with van der Waals surface area (Å²) in [4.78, 5) is 163. The number of alkyl halides is 1. The maximum Gasteiger partial charge on any atom is 0.335 e. The number of hydrogen-bond acceptors (Lipinski definition) is 20. The number of allylic oxidation sites excluding steroid dienone is 1. The van der Waals surface area contributed by atoms with Gasteiger partial charge in [0.05, 0.1) is 37.0 Å². The van der Waals surface area contributed by atoms with E-state index in [-0.39, 0.29) is 38.9 Å². The van der Waals surface area contributed by atoms with Crippen molar-refractivity contribution in [1.29, 1.82) is 0 Å². The minimum Gasteiger partial charge on any atom is -0.481 e. The molecule has 1 aromatic carbocycles. The van der Waals surface area contributed by atoms with Crippen molar-refractivity contribution < 1.29 is 92.9 Å². The molecule has 1 aromatic rings. The van der Waals surface area contributed by atoms with Crippen LogP contribution in [0.15, 0.2) is 36.0 Å². The number of hydrogen-bond donors (Lipinski definition) is 18. The second-order valence-corrected chi connectivity index (χ2v) is 20.7. The number of aliphatic hydroxyl groups is 4. The van der Waals surface area contributed by atoms with Gasteiger partial charge in [0.15, 0.2) is 12.1 Å². The largest absolute Gasteiger partial charge is 0.481 e. The number of unbranched alkanes of at least 4 members (excludes halogenated alkanes) is 6. The number of aryl methyl sites for hydroxylation is 1. The predicted molar refractivity (Wildman–Crippen MR) is 306 cm³/mol. The first-order valence-corrected chi connectivity index (χ1v) is 28.8. The van der Waals surface area contributed by atoms with Crippen LogP contribution in [-0.2, 0) is 68.7 Å². The van der Waals surface area contributed by atoms with E-state index in [0.717, 1.165) is 57.1 Å². The first-order chi connectivity index (χ1) is 40.8. The van der Waals surface area contributed by atoms with Gasteiger partial charge < -0.3 is 100 Å². The molecule has 0 bridgehead atoms. The van der Waals surface area contributed by atoms with Gasteiger partial charge in [0, 0.05) is 0 Å². The number of carbonyl (C=O) groups is 12. The Labute approximate surface area is 501 Å². The maximum atomic E-state index is 14.3. The van der Waals surface area contributed by atoms with E-state index in [1.807, 2.05) is 11.4 Å². The van der Waals surface area contributed by atoms with Gasteiger partial charge in [0.2, 0.25) is 47.3 Å². The zero-order valence-corrected chi connectivity index (χ0v) is 49.1. The second kappa shape index (κ2) is 39.3.